The molecule has 6 heteroatoms. The summed E-state index contributed by atoms with van der Waals surface area (Å²) in [6.07, 6.45) is 3.07. The average molecular weight is 250 g/mol. The standard InChI is InChI=1S/C13H10N6/c14-5-9-3-1-2-4-10(9)6-19-8-18-11-12(15)16-7-17-13(11)19/h1-4,7-8H,6H2,(H2,15,16,17). The lowest BCUT2D eigenvalue weighted by Gasteiger charge is -2.05. The van der Waals surface area contributed by atoms with E-state index >= 15 is 0 Å². The lowest BCUT2D eigenvalue weighted by molar-refractivity contribution is 0.811. The van der Waals surface area contributed by atoms with Gasteiger partial charge in [0.25, 0.3) is 0 Å². The third-order valence-electron chi connectivity index (χ3n) is 2.91. The Bertz CT molecular complexity index is 783. The lowest BCUT2D eigenvalue weighted by atomic mass is 10.1. The number of hydrogen-bond donors (Lipinski definition) is 1. The molecule has 2 heterocycles. The van der Waals surface area contributed by atoms with Crippen LogP contribution < -0.4 is 5.73 Å². The van der Waals surface area contributed by atoms with E-state index in [0.717, 1.165) is 5.56 Å². The molecule has 3 aromatic rings. The summed E-state index contributed by atoms with van der Waals surface area (Å²) < 4.78 is 1.85. The number of aromatic nitrogens is 4. The molecule has 2 N–H and O–H groups in total. The number of nitrogens with zero attached hydrogens (tertiary/aromatic N) is 5. The number of rotatable bonds is 2. The van der Waals surface area contributed by atoms with Crippen molar-refractivity contribution >= 4 is 17.0 Å². The Labute approximate surface area is 109 Å². The monoisotopic (exact) mass is 250 g/mol. The molecule has 0 amide bonds. The van der Waals surface area contributed by atoms with Crippen LogP contribution in [-0.4, -0.2) is 19.5 Å². The lowest BCUT2D eigenvalue weighted by Crippen LogP contribution is -2.02. The van der Waals surface area contributed by atoms with Gasteiger partial charge in [0.15, 0.2) is 11.5 Å². The first-order valence-electron chi connectivity index (χ1n) is 5.69. The van der Waals surface area contributed by atoms with Gasteiger partial charge in [-0.1, -0.05) is 18.2 Å². The first-order valence-corrected chi connectivity index (χ1v) is 5.69. The average Bonchev–Trinajstić information content (AvgIpc) is 2.84. The van der Waals surface area contributed by atoms with Gasteiger partial charge in [0, 0.05) is 0 Å². The molecule has 0 bridgehead atoms. The molecule has 0 aliphatic carbocycles. The maximum Gasteiger partial charge on any atom is 0.165 e. The number of fused-ring (bicyclic) bond motifs is 1. The van der Waals surface area contributed by atoms with Gasteiger partial charge in [-0.25, -0.2) is 15.0 Å². The van der Waals surface area contributed by atoms with Gasteiger partial charge < -0.3 is 10.3 Å². The fraction of sp³-hybridized carbons (Fsp3) is 0.0769. The number of benzene rings is 1. The molecule has 0 unspecified atom stereocenters. The molecular formula is C13H10N6. The van der Waals surface area contributed by atoms with E-state index in [0.29, 0.717) is 29.1 Å². The van der Waals surface area contributed by atoms with Crippen LogP contribution in [0.4, 0.5) is 5.82 Å². The summed E-state index contributed by atoms with van der Waals surface area (Å²) >= 11 is 0. The van der Waals surface area contributed by atoms with E-state index in [4.69, 9.17) is 11.0 Å². The Hall–Kier alpha value is -2.94. The van der Waals surface area contributed by atoms with E-state index in [9.17, 15) is 0 Å². The van der Waals surface area contributed by atoms with E-state index < -0.39 is 0 Å². The molecule has 6 nitrogen and oxygen atoms in total. The topological polar surface area (TPSA) is 93.4 Å². The van der Waals surface area contributed by atoms with Crippen molar-refractivity contribution in [3.8, 4) is 6.07 Å². The second-order valence-corrected chi connectivity index (χ2v) is 4.07. The minimum absolute atomic E-state index is 0.359. The number of hydrogen-bond acceptors (Lipinski definition) is 5. The van der Waals surface area contributed by atoms with Crippen LogP contribution in [-0.2, 0) is 6.54 Å². The molecule has 0 aliphatic heterocycles. The molecule has 0 spiro atoms. The van der Waals surface area contributed by atoms with Crippen molar-refractivity contribution < 1.29 is 0 Å². The highest BCUT2D eigenvalue weighted by Crippen LogP contribution is 2.17. The highest BCUT2D eigenvalue weighted by Gasteiger charge is 2.09. The van der Waals surface area contributed by atoms with E-state index in [-0.39, 0.29) is 0 Å². The number of nitrogens with two attached hydrogens (primary N) is 1. The number of anilines is 1. The van der Waals surface area contributed by atoms with Crippen LogP contribution >= 0.6 is 0 Å². The van der Waals surface area contributed by atoms with Gasteiger partial charge in [0.1, 0.15) is 11.8 Å². The highest BCUT2D eigenvalue weighted by molar-refractivity contribution is 5.81. The second-order valence-electron chi connectivity index (χ2n) is 4.07. The van der Waals surface area contributed by atoms with Crippen LogP contribution in [0, 0.1) is 11.3 Å². The van der Waals surface area contributed by atoms with Gasteiger partial charge in [-0.3, -0.25) is 0 Å². The fourth-order valence-electron chi connectivity index (χ4n) is 1.97. The molecule has 0 saturated carbocycles. The van der Waals surface area contributed by atoms with E-state index in [1.807, 2.05) is 22.8 Å². The molecule has 0 fully saturated rings. The number of nitrogen functional groups attached to an aromatic ring is 1. The van der Waals surface area contributed by atoms with Crippen molar-refractivity contribution in [1.29, 1.82) is 5.26 Å². The molecular weight excluding hydrogens is 240 g/mol. The zero-order valence-corrected chi connectivity index (χ0v) is 9.98. The van der Waals surface area contributed by atoms with Crippen LogP contribution in [0.5, 0.6) is 0 Å². The third-order valence-corrected chi connectivity index (χ3v) is 2.91. The van der Waals surface area contributed by atoms with Gasteiger partial charge in [0.05, 0.1) is 24.5 Å². The van der Waals surface area contributed by atoms with Crippen molar-refractivity contribution in [2.45, 2.75) is 6.54 Å². The summed E-state index contributed by atoms with van der Waals surface area (Å²) in [7, 11) is 0. The van der Waals surface area contributed by atoms with Crippen molar-refractivity contribution in [3.05, 3.63) is 48.0 Å². The predicted octanol–water partition coefficient (Wildman–Crippen LogP) is 1.33. The Morgan fingerprint density at radius 1 is 1.21 bits per heavy atom. The Morgan fingerprint density at radius 3 is 2.89 bits per heavy atom. The van der Waals surface area contributed by atoms with Crippen LogP contribution in [0.3, 0.4) is 0 Å². The van der Waals surface area contributed by atoms with Crippen molar-refractivity contribution in [1.82, 2.24) is 19.5 Å². The summed E-state index contributed by atoms with van der Waals surface area (Å²) in [5.41, 5.74) is 8.55. The Balaban J connectivity index is 2.07. The predicted molar refractivity (Wildman–Crippen MR) is 70.0 cm³/mol. The molecule has 92 valence electrons. The van der Waals surface area contributed by atoms with Crippen LogP contribution in [0.25, 0.3) is 11.2 Å². The first kappa shape index (κ1) is 11.2. The summed E-state index contributed by atoms with van der Waals surface area (Å²) in [5, 5.41) is 9.08. The molecule has 19 heavy (non-hydrogen) atoms. The zero-order valence-electron chi connectivity index (χ0n) is 9.98. The summed E-state index contributed by atoms with van der Waals surface area (Å²) in [4.78, 5) is 12.3. The minimum Gasteiger partial charge on any atom is -0.382 e. The first-order chi connectivity index (χ1) is 9.29. The largest absolute Gasteiger partial charge is 0.382 e. The van der Waals surface area contributed by atoms with Crippen molar-refractivity contribution in [2.24, 2.45) is 0 Å². The molecule has 0 aliphatic rings. The number of nitriles is 1. The van der Waals surface area contributed by atoms with E-state index in [1.54, 1.807) is 12.4 Å². The van der Waals surface area contributed by atoms with Crippen LogP contribution in [0.2, 0.25) is 0 Å². The smallest absolute Gasteiger partial charge is 0.165 e. The maximum absolute atomic E-state index is 9.08. The van der Waals surface area contributed by atoms with E-state index in [1.165, 1.54) is 6.33 Å². The van der Waals surface area contributed by atoms with Gasteiger partial charge in [-0.15, -0.1) is 0 Å². The SMILES string of the molecule is N#Cc1ccccc1Cn1cnc2c(N)ncnc21. The quantitative estimate of drug-likeness (QED) is 0.740. The number of imidazole rings is 1. The molecule has 0 saturated heterocycles. The van der Waals surface area contributed by atoms with Crippen LogP contribution in [0.15, 0.2) is 36.9 Å². The molecule has 0 radical (unpaired) electrons. The molecule has 0 atom stereocenters. The summed E-state index contributed by atoms with van der Waals surface area (Å²) in [5.74, 6) is 0.359. The normalized spacial score (nSPS) is 10.5. The van der Waals surface area contributed by atoms with Gasteiger partial charge in [-0.05, 0) is 11.6 Å². The Morgan fingerprint density at radius 2 is 2.05 bits per heavy atom. The zero-order chi connectivity index (χ0) is 13.2. The van der Waals surface area contributed by atoms with Gasteiger partial charge in [-0.2, -0.15) is 5.26 Å². The maximum atomic E-state index is 9.08. The summed E-state index contributed by atoms with van der Waals surface area (Å²) in [6, 6.07) is 9.62. The Kier molecular flexibility index (Phi) is 2.58. The van der Waals surface area contributed by atoms with Gasteiger partial charge in [0.2, 0.25) is 0 Å². The fourth-order valence-corrected chi connectivity index (χ4v) is 1.97. The van der Waals surface area contributed by atoms with Gasteiger partial charge >= 0.3 is 0 Å². The van der Waals surface area contributed by atoms with Crippen molar-refractivity contribution in [3.63, 3.8) is 0 Å². The molecule has 3 rings (SSSR count). The minimum atomic E-state index is 0.359. The van der Waals surface area contributed by atoms with Crippen molar-refractivity contribution in [2.75, 3.05) is 5.73 Å². The summed E-state index contributed by atoms with van der Waals surface area (Å²) in [6.45, 7) is 0.524. The highest BCUT2D eigenvalue weighted by atomic mass is 15.1. The molecule has 1 aromatic carbocycles. The van der Waals surface area contributed by atoms with E-state index in [2.05, 4.69) is 21.0 Å². The molecule has 2 aromatic heterocycles. The third kappa shape index (κ3) is 1.87. The van der Waals surface area contributed by atoms with Crippen LogP contribution in [0.1, 0.15) is 11.1 Å². The second kappa shape index (κ2) is 4.38.